The molecule has 6 nitrogen and oxygen atoms in total. The second-order valence-corrected chi connectivity index (χ2v) is 5.23. The van der Waals surface area contributed by atoms with E-state index in [2.05, 4.69) is 19.9 Å². The first-order valence-electron chi connectivity index (χ1n) is 5.81. The van der Waals surface area contributed by atoms with Gasteiger partial charge >= 0.3 is 5.97 Å². The first-order valence-corrected chi connectivity index (χ1v) is 6.62. The molecule has 0 aliphatic heterocycles. The summed E-state index contributed by atoms with van der Waals surface area (Å²) in [6, 6.07) is 5.20. The average Bonchev–Trinajstić information content (AvgIpc) is 2.87. The molecule has 0 atom stereocenters. The van der Waals surface area contributed by atoms with Crippen LogP contribution in [0, 0.1) is 6.92 Å². The molecule has 0 spiro atoms. The van der Waals surface area contributed by atoms with Crippen molar-refractivity contribution in [3.8, 4) is 0 Å². The molecule has 0 aliphatic carbocycles. The van der Waals surface area contributed by atoms with Gasteiger partial charge in [-0.2, -0.15) is 0 Å². The Morgan fingerprint density at radius 3 is 2.90 bits per heavy atom. The Labute approximate surface area is 118 Å². The van der Waals surface area contributed by atoms with Gasteiger partial charge in [-0.05, 0) is 30.7 Å². The Balaban J connectivity index is 1.97. The molecule has 2 N–H and O–H groups in total. The summed E-state index contributed by atoms with van der Waals surface area (Å²) < 4.78 is 0. The number of hydrogen-bond acceptors (Lipinski definition) is 5. The van der Waals surface area contributed by atoms with Crippen LogP contribution in [-0.2, 0) is 0 Å². The third-order valence-corrected chi connectivity index (χ3v) is 3.82. The fourth-order valence-corrected chi connectivity index (χ4v) is 2.82. The zero-order valence-electron chi connectivity index (χ0n) is 10.5. The van der Waals surface area contributed by atoms with Crippen molar-refractivity contribution >= 4 is 28.9 Å². The number of aromatic carboxylic acids is 1. The number of aromatic nitrogens is 4. The van der Waals surface area contributed by atoms with Crippen LogP contribution in [0.4, 0.5) is 0 Å². The fourth-order valence-electron chi connectivity index (χ4n) is 1.87. The number of rotatable bonds is 3. The maximum atomic E-state index is 11.0. The quantitative estimate of drug-likeness (QED) is 0.719. The smallest absolute Gasteiger partial charge is 0.335 e. The van der Waals surface area contributed by atoms with Gasteiger partial charge in [0.2, 0.25) is 0 Å². The summed E-state index contributed by atoms with van der Waals surface area (Å²) >= 11 is 1.44. The van der Waals surface area contributed by atoms with Crippen molar-refractivity contribution in [1.82, 2.24) is 19.9 Å². The van der Waals surface area contributed by atoms with E-state index in [1.54, 1.807) is 25.4 Å². The predicted molar refractivity (Wildman–Crippen MR) is 73.9 cm³/mol. The van der Waals surface area contributed by atoms with E-state index >= 15 is 0 Å². The lowest BCUT2D eigenvalue weighted by Crippen LogP contribution is -1.99. The zero-order chi connectivity index (χ0) is 14.1. The van der Waals surface area contributed by atoms with Gasteiger partial charge in [-0.3, -0.25) is 0 Å². The van der Waals surface area contributed by atoms with Gasteiger partial charge in [0.05, 0.1) is 11.9 Å². The predicted octanol–water partition coefficient (Wildman–Crippen LogP) is 2.51. The molecular formula is C13H10N4O2S. The van der Waals surface area contributed by atoms with Crippen molar-refractivity contribution in [1.29, 1.82) is 0 Å². The normalized spacial score (nSPS) is 10.8. The maximum absolute atomic E-state index is 11.0. The SMILES string of the molecule is Cc1cc(Sc2ncnc3nc[nH]c23)ccc1C(=O)O. The number of H-pyrrole nitrogens is 1. The summed E-state index contributed by atoms with van der Waals surface area (Å²) in [6.07, 6.45) is 3.03. The Bertz CT molecular complexity index is 800. The summed E-state index contributed by atoms with van der Waals surface area (Å²) in [5.41, 5.74) is 2.42. The van der Waals surface area contributed by atoms with Crippen LogP contribution in [0.15, 0.2) is 40.8 Å². The Hall–Kier alpha value is -2.41. The molecule has 20 heavy (non-hydrogen) atoms. The van der Waals surface area contributed by atoms with Crippen LogP contribution >= 0.6 is 11.8 Å². The number of hydrogen-bond donors (Lipinski definition) is 2. The number of nitrogens with zero attached hydrogens (tertiary/aromatic N) is 3. The molecule has 3 aromatic rings. The number of carbonyl (C=O) groups is 1. The van der Waals surface area contributed by atoms with Crippen LogP contribution in [-0.4, -0.2) is 31.0 Å². The number of carboxylic acids is 1. The molecular weight excluding hydrogens is 276 g/mol. The second-order valence-electron chi connectivity index (χ2n) is 4.16. The van der Waals surface area contributed by atoms with E-state index in [-0.39, 0.29) is 0 Å². The Kier molecular flexibility index (Phi) is 3.11. The molecule has 2 heterocycles. The summed E-state index contributed by atoms with van der Waals surface area (Å²) in [4.78, 5) is 27.3. The summed E-state index contributed by atoms with van der Waals surface area (Å²) in [5.74, 6) is -0.919. The number of nitrogens with one attached hydrogen (secondary N) is 1. The van der Waals surface area contributed by atoms with Crippen LogP contribution in [0.25, 0.3) is 11.2 Å². The average molecular weight is 286 g/mol. The number of aromatic amines is 1. The minimum absolute atomic E-state index is 0.309. The van der Waals surface area contributed by atoms with E-state index in [0.717, 1.165) is 21.0 Å². The topological polar surface area (TPSA) is 91.8 Å². The first-order chi connectivity index (χ1) is 9.65. The lowest BCUT2D eigenvalue weighted by molar-refractivity contribution is 0.0696. The van der Waals surface area contributed by atoms with Gasteiger partial charge < -0.3 is 10.1 Å². The number of carboxylic acid groups (broad SMARTS) is 1. The number of imidazole rings is 1. The molecule has 0 unspecified atom stereocenters. The maximum Gasteiger partial charge on any atom is 0.335 e. The second kappa shape index (κ2) is 4.93. The van der Waals surface area contributed by atoms with E-state index in [4.69, 9.17) is 5.11 Å². The van der Waals surface area contributed by atoms with Crippen LogP contribution < -0.4 is 0 Å². The minimum Gasteiger partial charge on any atom is -0.478 e. The standard InChI is InChI=1S/C13H10N4O2S/c1-7-4-8(2-3-9(7)13(18)19)20-12-10-11(15-5-14-10)16-6-17-12/h2-6H,1H3,(H,18,19)(H,14,15,16,17). The largest absolute Gasteiger partial charge is 0.478 e. The van der Waals surface area contributed by atoms with E-state index < -0.39 is 5.97 Å². The summed E-state index contributed by atoms with van der Waals surface area (Å²) in [7, 11) is 0. The van der Waals surface area contributed by atoms with Gasteiger partial charge in [0.1, 0.15) is 16.9 Å². The molecule has 0 amide bonds. The van der Waals surface area contributed by atoms with Gasteiger partial charge in [0.25, 0.3) is 0 Å². The highest BCUT2D eigenvalue weighted by Gasteiger charge is 2.10. The van der Waals surface area contributed by atoms with Crippen molar-refractivity contribution in [2.24, 2.45) is 0 Å². The fraction of sp³-hybridized carbons (Fsp3) is 0.0769. The van der Waals surface area contributed by atoms with E-state index in [1.807, 2.05) is 6.07 Å². The lowest BCUT2D eigenvalue weighted by atomic mass is 10.1. The van der Waals surface area contributed by atoms with Gasteiger partial charge in [-0.25, -0.2) is 19.7 Å². The van der Waals surface area contributed by atoms with Crippen LogP contribution in [0.5, 0.6) is 0 Å². The molecule has 0 bridgehead atoms. The van der Waals surface area contributed by atoms with Crippen LogP contribution in [0.3, 0.4) is 0 Å². The molecule has 0 saturated heterocycles. The lowest BCUT2D eigenvalue weighted by Gasteiger charge is -2.05. The molecule has 0 saturated carbocycles. The Morgan fingerprint density at radius 2 is 2.15 bits per heavy atom. The minimum atomic E-state index is -0.919. The van der Waals surface area contributed by atoms with Crippen molar-refractivity contribution in [2.75, 3.05) is 0 Å². The third-order valence-electron chi connectivity index (χ3n) is 2.83. The van der Waals surface area contributed by atoms with Gasteiger partial charge in [0.15, 0.2) is 5.65 Å². The van der Waals surface area contributed by atoms with E-state index in [9.17, 15) is 4.79 Å². The zero-order valence-corrected chi connectivity index (χ0v) is 11.3. The summed E-state index contributed by atoms with van der Waals surface area (Å²) in [5, 5.41) is 9.78. The first kappa shape index (κ1) is 12.6. The Morgan fingerprint density at radius 1 is 1.30 bits per heavy atom. The third kappa shape index (κ3) is 2.23. The molecule has 0 aliphatic rings. The molecule has 3 rings (SSSR count). The van der Waals surface area contributed by atoms with Crippen molar-refractivity contribution in [3.63, 3.8) is 0 Å². The molecule has 100 valence electrons. The molecule has 1 aromatic carbocycles. The van der Waals surface area contributed by atoms with E-state index in [1.165, 1.54) is 18.1 Å². The van der Waals surface area contributed by atoms with Gasteiger partial charge in [-0.1, -0.05) is 11.8 Å². The number of fused-ring (bicyclic) bond motifs is 1. The van der Waals surface area contributed by atoms with Crippen LogP contribution in [0.1, 0.15) is 15.9 Å². The molecule has 0 radical (unpaired) electrons. The van der Waals surface area contributed by atoms with Crippen molar-refractivity contribution in [3.05, 3.63) is 42.0 Å². The van der Waals surface area contributed by atoms with E-state index in [0.29, 0.717) is 11.2 Å². The monoisotopic (exact) mass is 286 g/mol. The van der Waals surface area contributed by atoms with Gasteiger partial charge in [-0.15, -0.1) is 0 Å². The highest BCUT2D eigenvalue weighted by Crippen LogP contribution is 2.30. The molecule has 7 heteroatoms. The van der Waals surface area contributed by atoms with Crippen LogP contribution in [0.2, 0.25) is 0 Å². The molecule has 2 aromatic heterocycles. The molecule has 0 fully saturated rings. The van der Waals surface area contributed by atoms with Gasteiger partial charge in [0, 0.05) is 4.90 Å². The van der Waals surface area contributed by atoms with Crippen molar-refractivity contribution < 1.29 is 9.90 Å². The highest BCUT2D eigenvalue weighted by atomic mass is 32.2. The van der Waals surface area contributed by atoms with Crippen molar-refractivity contribution in [2.45, 2.75) is 16.8 Å². The summed E-state index contributed by atoms with van der Waals surface area (Å²) in [6.45, 7) is 1.78. The highest BCUT2D eigenvalue weighted by molar-refractivity contribution is 7.99. The number of benzene rings is 1. The number of aryl methyl sites for hydroxylation is 1.